The molecule has 0 aliphatic heterocycles. The van der Waals surface area contributed by atoms with Crippen molar-refractivity contribution in [1.82, 2.24) is 20.2 Å². The van der Waals surface area contributed by atoms with Gasteiger partial charge in [-0.15, -0.1) is 5.10 Å². The highest BCUT2D eigenvalue weighted by Crippen LogP contribution is 2.28. The average Bonchev–Trinajstić information content (AvgIpc) is 2.84. The fourth-order valence-electron chi connectivity index (χ4n) is 2.38. The summed E-state index contributed by atoms with van der Waals surface area (Å²) in [5, 5.41) is 20.8. The van der Waals surface area contributed by atoms with Gasteiger partial charge < -0.3 is 5.11 Å². The topological polar surface area (TPSA) is 80.9 Å². The van der Waals surface area contributed by atoms with Crippen molar-refractivity contribution in [2.45, 2.75) is 39.7 Å². The predicted molar refractivity (Wildman–Crippen MR) is 74.3 cm³/mol. The van der Waals surface area contributed by atoms with Crippen molar-refractivity contribution in [3.63, 3.8) is 0 Å². The Bertz CT molecular complexity index is 601. The highest BCUT2D eigenvalue weighted by atomic mass is 16.4. The van der Waals surface area contributed by atoms with Gasteiger partial charge in [0, 0.05) is 5.56 Å². The molecule has 1 N–H and O–H groups in total. The van der Waals surface area contributed by atoms with E-state index in [4.69, 9.17) is 5.11 Å². The lowest BCUT2D eigenvalue weighted by atomic mass is 10.0. The quantitative estimate of drug-likeness (QED) is 0.905. The molecule has 0 bridgehead atoms. The SMILES string of the molecule is CCC(CC(=O)O)n1nnnc1-c1c(C)cccc1C. The first-order chi connectivity index (χ1) is 9.54. The van der Waals surface area contributed by atoms with Crippen LogP contribution in [0.3, 0.4) is 0 Å². The van der Waals surface area contributed by atoms with E-state index in [1.165, 1.54) is 0 Å². The molecule has 1 aromatic carbocycles. The molecule has 0 aliphatic carbocycles. The third-order valence-corrected chi connectivity index (χ3v) is 3.42. The van der Waals surface area contributed by atoms with Crippen LogP contribution < -0.4 is 0 Å². The van der Waals surface area contributed by atoms with Crippen LogP contribution in [0.15, 0.2) is 18.2 Å². The zero-order valence-electron chi connectivity index (χ0n) is 11.9. The molecular weight excluding hydrogens is 256 g/mol. The van der Waals surface area contributed by atoms with Gasteiger partial charge in [-0.05, 0) is 41.8 Å². The van der Waals surface area contributed by atoms with E-state index in [9.17, 15) is 4.79 Å². The van der Waals surface area contributed by atoms with Gasteiger partial charge in [-0.3, -0.25) is 4.79 Å². The van der Waals surface area contributed by atoms with Gasteiger partial charge in [-0.1, -0.05) is 25.1 Å². The van der Waals surface area contributed by atoms with Gasteiger partial charge in [-0.2, -0.15) is 0 Å². The van der Waals surface area contributed by atoms with E-state index < -0.39 is 5.97 Å². The van der Waals surface area contributed by atoms with E-state index in [1.807, 2.05) is 39.0 Å². The Morgan fingerprint density at radius 3 is 2.55 bits per heavy atom. The van der Waals surface area contributed by atoms with Crippen LogP contribution in [-0.2, 0) is 4.79 Å². The number of hydrogen-bond donors (Lipinski definition) is 1. The largest absolute Gasteiger partial charge is 0.481 e. The molecule has 1 aromatic heterocycles. The summed E-state index contributed by atoms with van der Waals surface area (Å²) in [4.78, 5) is 11.0. The smallest absolute Gasteiger partial charge is 0.305 e. The minimum Gasteiger partial charge on any atom is -0.481 e. The van der Waals surface area contributed by atoms with E-state index in [-0.39, 0.29) is 12.5 Å². The molecule has 0 fully saturated rings. The summed E-state index contributed by atoms with van der Waals surface area (Å²) in [6.45, 7) is 5.93. The predicted octanol–water partition coefficient (Wildman–Crippen LogP) is 2.38. The Morgan fingerprint density at radius 2 is 2.00 bits per heavy atom. The number of aromatic nitrogens is 4. The van der Waals surface area contributed by atoms with Crippen LogP contribution in [0.4, 0.5) is 0 Å². The van der Waals surface area contributed by atoms with Gasteiger partial charge in [0.25, 0.3) is 0 Å². The first-order valence-electron chi connectivity index (χ1n) is 6.60. The van der Waals surface area contributed by atoms with Crippen LogP contribution in [0.5, 0.6) is 0 Å². The Kier molecular flexibility index (Phi) is 4.12. The average molecular weight is 274 g/mol. The number of tetrazole rings is 1. The maximum atomic E-state index is 11.0. The van der Waals surface area contributed by atoms with E-state index >= 15 is 0 Å². The number of aliphatic carboxylic acids is 1. The summed E-state index contributed by atoms with van der Waals surface area (Å²) in [6.07, 6.45) is 0.675. The molecule has 1 atom stereocenters. The van der Waals surface area contributed by atoms with Crippen molar-refractivity contribution < 1.29 is 9.90 Å². The number of rotatable bonds is 5. The van der Waals surface area contributed by atoms with Crippen LogP contribution in [0.25, 0.3) is 11.4 Å². The van der Waals surface area contributed by atoms with Crippen molar-refractivity contribution in [1.29, 1.82) is 0 Å². The minimum atomic E-state index is -0.847. The van der Waals surface area contributed by atoms with Gasteiger partial charge in [0.1, 0.15) is 0 Å². The number of carboxylic acid groups (broad SMARTS) is 1. The van der Waals surface area contributed by atoms with Crippen molar-refractivity contribution in [3.8, 4) is 11.4 Å². The zero-order valence-corrected chi connectivity index (χ0v) is 11.9. The lowest BCUT2D eigenvalue weighted by Gasteiger charge is -2.16. The van der Waals surface area contributed by atoms with Gasteiger partial charge in [-0.25, -0.2) is 4.68 Å². The Balaban J connectivity index is 2.50. The second-order valence-corrected chi connectivity index (χ2v) is 4.87. The summed E-state index contributed by atoms with van der Waals surface area (Å²) in [5.74, 6) is -0.214. The zero-order chi connectivity index (χ0) is 14.7. The minimum absolute atomic E-state index is 0.0134. The number of carbonyl (C=O) groups is 1. The van der Waals surface area contributed by atoms with Crippen LogP contribution in [-0.4, -0.2) is 31.3 Å². The molecule has 0 radical (unpaired) electrons. The number of aryl methyl sites for hydroxylation is 2. The van der Waals surface area contributed by atoms with Gasteiger partial charge >= 0.3 is 5.97 Å². The fourth-order valence-corrected chi connectivity index (χ4v) is 2.38. The van der Waals surface area contributed by atoms with Gasteiger partial charge in [0.05, 0.1) is 12.5 Å². The third-order valence-electron chi connectivity index (χ3n) is 3.42. The van der Waals surface area contributed by atoms with Crippen LogP contribution in [0, 0.1) is 13.8 Å². The summed E-state index contributed by atoms with van der Waals surface area (Å²) in [5.41, 5.74) is 3.12. The number of nitrogens with zero attached hydrogens (tertiary/aromatic N) is 4. The second kappa shape index (κ2) is 5.81. The van der Waals surface area contributed by atoms with Crippen molar-refractivity contribution in [2.24, 2.45) is 0 Å². The molecule has 0 saturated heterocycles. The molecule has 6 heteroatoms. The summed E-state index contributed by atoms with van der Waals surface area (Å²) in [6, 6.07) is 5.74. The van der Waals surface area contributed by atoms with E-state index in [2.05, 4.69) is 15.5 Å². The maximum Gasteiger partial charge on any atom is 0.305 e. The Morgan fingerprint density at radius 1 is 1.35 bits per heavy atom. The molecule has 106 valence electrons. The molecule has 0 aliphatic rings. The first kappa shape index (κ1) is 14.2. The van der Waals surface area contributed by atoms with Crippen LogP contribution in [0.1, 0.15) is 36.9 Å². The molecule has 1 heterocycles. The molecule has 0 amide bonds. The van der Waals surface area contributed by atoms with Crippen LogP contribution >= 0.6 is 0 Å². The van der Waals surface area contributed by atoms with Crippen LogP contribution in [0.2, 0.25) is 0 Å². The van der Waals surface area contributed by atoms with Gasteiger partial charge in [0.15, 0.2) is 5.82 Å². The molecule has 6 nitrogen and oxygen atoms in total. The van der Waals surface area contributed by atoms with E-state index in [1.54, 1.807) is 4.68 Å². The molecule has 0 saturated carbocycles. The van der Waals surface area contributed by atoms with Crippen molar-refractivity contribution in [2.75, 3.05) is 0 Å². The second-order valence-electron chi connectivity index (χ2n) is 4.87. The van der Waals surface area contributed by atoms with Crippen molar-refractivity contribution in [3.05, 3.63) is 29.3 Å². The Hall–Kier alpha value is -2.24. The molecular formula is C14H18N4O2. The molecule has 2 rings (SSSR count). The normalized spacial score (nSPS) is 12.3. The number of hydrogen-bond acceptors (Lipinski definition) is 4. The summed E-state index contributed by atoms with van der Waals surface area (Å²) >= 11 is 0. The number of carboxylic acids is 1. The third kappa shape index (κ3) is 2.68. The molecule has 20 heavy (non-hydrogen) atoms. The first-order valence-corrected chi connectivity index (χ1v) is 6.60. The number of benzene rings is 1. The summed E-state index contributed by atoms with van der Waals surface area (Å²) < 4.78 is 1.63. The molecule has 0 spiro atoms. The highest BCUT2D eigenvalue weighted by Gasteiger charge is 2.21. The lowest BCUT2D eigenvalue weighted by Crippen LogP contribution is -2.16. The summed E-state index contributed by atoms with van der Waals surface area (Å²) in [7, 11) is 0. The standard InChI is InChI=1S/C14H18N4O2/c1-4-11(8-12(19)20)18-14(15-16-17-18)13-9(2)6-5-7-10(13)3/h5-7,11H,4,8H2,1-3H3,(H,19,20). The maximum absolute atomic E-state index is 11.0. The highest BCUT2D eigenvalue weighted by molar-refractivity contribution is 5.68. The molecule has 2 aromatic rings. The van der Waals surface area contributed by atoms with Crippen molar-refractivity contribution >= 4 is 5.97 Å². The lowest BCUT2D eigenvalue weighted by molar-refractivity contribution is -0.138. The fraction of sp³-hybridized carbons (Fsp3) is 0.429. The monoisotopic (exact) mass is 274 g/mol. The molecule has 1 unspecified atom stereocenters. The van der Waals surface area contributed by atoms with E-state index in [0.717, 1.165) is 16.7 Å². The Labute approximate surface area is 117 Å². The van der Waals surface area contributed by atoms with E-state index in [0.29, 0.717) is 12.2 Å². The van der Waals surface area contributed by atoms with Gasteiger partial charge in [0.2, 0.25) is 0 Å².